The highest BCUT2D eigenvalue weighted by molar-refractivity contribution is 7.15. The van der Waals surface area contributed by atoms with Gasteiger partial charge < -0.3 is 5.32 Å². The lowest BCUT2D eigenvalue weighted by atomic mass is 10.4. The maximum atomic E-state index is 11.7. The molecule has 1 amide bonds. The molecule has 0 aliphatic carbocycles. The summed E-state index contributed by atoms with van der Waals surface area (Å²) in [6.45, 7) is 4.61. The lowest BCUT2D eigenvalue weighted by molar-refractivity contribution is -0.110. The van der Waals surface area contributed by atoms with Crippen molar-refractivity contribution in [2.24, 2.45) is 4.99 Å². The fourth-order valence-corrected chi connectivity index (χ4v) is 1.97. The van der Waals surface area contributed by atoms with Crippen LogP contribution in [-0.2, 0) is 11.2 Å². The number of amides is 1. The van der Waals surface area contributed by atoms with Crippen LogP contribution in [-0.4, -0.2) is 34.5 Å². The molecule has 1 aromatic heterocycles. The first kappa shape index (κ1) is 11.0. The average molecular weight is 239 g/mol. The van der Waals surface area contributed by atoms with Gasteiger partial charge in [0.15, 0.2) is 5.84 Å². The highest BCUT2D eigenvalue weighted by Crippen LogP contribution is 2.15. The van der Waals surface area contributed by atoms with Crippen molar-refractivity contribution in [1.29, 1.82) is 0 Å². The van der Waals surface area contributed by atoms with Crippen LogP contribution in [0.4, 0.5) is 5.13 Å². The van der Waals surface area contributed by atoms with Gasteiger partial charge in [0.25, 0.3) is 5.91 Å². The summed E-state index contributed by atoms with van der Waals surface area (Å²) in [5, 5.41) is 14.9. The quantitative estimate of drug-likeness (QED) is 0.801. The lowest BCUT2D eigenvalue weighted by Crippen LogP contribution is -2.36. The fourth-order valence-electron chi connectivity index (χ4n) is 1.29. The zero-order valence-corrected chi connectivity index (χ0v) is 9.97. The van der Waals surface area contributed by atoms with Gasteiger partial charge in [-0.25, -0.2) is 0 Å². The van der Waals surface area contributed by atoms with Crippen LogP contribution in [0.25, 0.3) is 0 Å². The minimum Gasteiger partial charge on any atom is -0.361 e. The number of hydrogen-bond acceptors (Lipinski definition) is 6. The largest absolute Gasteiger partial charge is 0.361 e. The van der Waals surface area contributed by atoms with Crippen molar-refractivity contribution in [3.8, 4) is 0 Å². The Morgan fingerprint density at radius 2 is 2.44 bits per heavy atom. The minimum absolute atomic E-state index is 0.223. The van der Waals surface area contributed by atoms with E-state index in [-0.39, 0.29) is 11.9 Å². The number of aryl methyl sites for hydroxylation is 1. The van der Waals surface area contributed by atoms with Crippen molar-refractivity contribution >= 4 is 28.2 Å². The Labute approximate surface area is 97.2 Å². The Kier molecular flexibility index (Phi) is 3.14. The first-order chi connectivity index (χ1) is 7.69. The van der Waals surface area contributed by atoms with Crippen LogP contribution in [0.5, 0.6) is 0 Å². The van der Waals surface area contributed by atoms with Crippen LogP contribution in [0, 0.1) is 0 Å². The second-order valence-corrected chi connectivity index (χ2v) is 4.61. The van der Waals surface area contributed by atoms with Gasteiger partial charge in [0.05, 0.1) is 6.54 Å². The van der Waals surface area contributed by atoms with E-state index in [2.05, 4.69) is 25.8 Å². The van der Waals surface area contributed by atoms with Gasteiger partial charge >= 0.3 is 0 Å². The van der Waals surface area contributed by atoms with Gasteiger partial charge in [-0.2, -0.15) is 0 Å². The number of anilines is 1. The van der Waals surface area contributed by atoms with Crippen LogP contribution in [0.2, 0.25) is 0 Å². The van der Waals surface area contributed by atoms with Crippen molar-refractivity contribution in [3.05, 3.63) is 5.01 Å². The number of hydrogen-bond donors (Lipinski definition) is 2. The van der Waals surface area contributed by atoms with E-state index in [1.54, 1.807) is 0 Å². The molecule has 0 aromatic carbocycles. The van der Waals surface area contributed by atoms with Gasteiger partial charge in [0.1, 0.15) is 5.01 Å². The summed E-state index contributed by atoms with van der Waals surface area (Å²) in [6.07, 6.45) is 0.823. The Morgan fingerprint density at radius 1 is 1.62 bits per heavy atom. The number of aliphatic imine (C=N–C) groups is 1. The second-order valence-electron chi connectivity index (χ2n) is 3.54. The highest BCUT2D eigenvalue weighted by atomic mass is 32.1. The molecule has 2 rings (SSSR count). The third-order valence-electron chi connectivity index (χ3n) is 2.11. The second kappa shape index (κ2) is 4.56. The van der Waals surface area contributed by atoms with Gasteiger partial charge in [-0.1, -0.05) is 18.3 Å². The van der Waals surface area contributed by atoms with Crippen molar-refractivity contribution in [2.45, 2.75) is 26.3 Å². The standard InChI is InChI=1S/C9H13N5OS/c1-3-6-13-14-9(16-6)12-8(15)7-10-4-5(2)11-7/h5H,3-4H2,1-2H3,(H,10,11)(H,12,14,15). The van der Waals surface area contributed by atoms with E-state index in [9.17, 15) is 4.79 Å². The maximum Gasteiger partial charge on any atom is 0.292 e. The normalized spacial score (nSPS) is 19.1. The number of carbonyl (C=O) groups is 1. The Bertz CT molecular complexity index is 427. The van der Waals surface area contributed by atoms with Crippen LogP contribution >= 0.6 is 11.3 Å². The predicted molar refractivity (Wildman–Crippen MR) is 62.8 cm³/mol. The predicted octanol–water partition coefficient (Wildman–Crippen LogP) is 0.429. The fraction of sp³-hybridized carbons (Fsp3) is 0.556. The topological polar surface area (TPSA) is 79.3 Å². The molecule has 1 aliphatic heterocycles. The number of nitrogens with one attached hydrogen (secondary N) is 2. The molecule has 2 N–H and O–H groups in total. The number of amidine groups is 1. The zero-order valence-electron chi connectivity index (χ0n) is 9.15. The maximum absolute atomic E-state index is 11.7. The molecule has 0 bridgehead atoms. The summed E-state index contributed by atoms with van der Waals surface area (Å²) in [5.41, 5.74) is 0. The number of nitrogens with zero attached hydrogens (tertiary/aromatic N) is 3. The molecule has 0 saturated carbocycles. The Morgan fingerprint density at radius 3 is 3.00 bits per heavy atom. The number of rotatable bonds is 3. The summed E-state index contributed by atoms with van der Waals surface area (Å²) in [5.74, 6) is 0.129. The van der Waals surface area contributed by atoms with E-state index in [4.69, 9.17) is 0 Å². The van der Waals surface area contributed by atoms with Crippen LogP contribution < -0.4 is 10.6 Å². The summed E-state index contributed by atoms with van der Waals surface area (Å²) < 4.78 is 0. The van der Waals surface area contributed by atoms with Crippen LogP contribution in [0.1, 0.15) is 18.9 Å². The molecule has 2 heterocycles. The van der Waals surface area contributed by atoms with E-state index in [0.29, 0.717) is 17.5 Å². The van der Waals surface area contributed by atoms with Crippen LogP contribution in [0.15, 0.2) is 4.99 Å². The molecule has 7 heteroatoms. The molecule has 6 nitrogen and oxygen atoms in total. The third-order valence-corrected chi connectivity index (χ3v) is 3.09. The monoisotopic (exact) mass is 239 g/mol. The average Bonchev–Trinajstić information content (AvgIpc) is 2.87. The third kappa shape index (κ3) is 2.35. The molecule has 1 aliphatic rings. The molecule has 0 radical (unpaired) electrons. The summed E-state index contributed by atoms with van der Waals surface area (Å²) >= 11 is 1.38. The van der Waals surface area contributed by atoms with E-state index in [0.717, 1.165) is 11.4 Å². The lowest BCUT2D eigenvalue weighted by Gasteiger charge is -2.04. The first-order valence-corrected chi connectivity index (χ1v) is 5.95. The minimum atomic E-state index is -0.247. The van der Waals surface area contributed by atoms with E-state index in [1.165, 1.54) is 11.3 Å². The molecular weight excluding hydrogens is 226 g/mol. The van der Waals surface area contributed by atoms with Gasteiger partial charge in [-0.15, -0.1) is 10.2 Å². The molecule has 1 aromatic rings. The smallest absolute Gasteiger partial charge is 0.292 e. The molecule has 0 saturated heterocycles. The summed E-state index contributed by atoms with van der Waals surface area (Å²) in [6, 6.07) is 0.223. The summed E-state index contributed by atoms with van der Waals surface area (Å²) in [4.78, 5) is 15.8. The number of carbonyl (C=O) groups excluding carboxylic acids is 1. The highest BCUT2D eigenvalue weighted by Gasteiger charge is 2.20. The van der Waals surface area contributed by atoms with Crippen LogP contribution in [0.3, 0.4) is 0 Å². The van der Waals surface area contributed by atoms with Crippen molar-refractivity contribution in [2.75, 3.05) is 11.9 Å². The molecule has 86 valence electrons. The number of aromatic nitrogens is 2. The molecule has 1 atom stereocenters. The van der Waals surface area contributed by atoms with Gasteiger partial charge in [-0.3, -0.25) is 15.1 Å². The molecule has 1 unspecified atom stereocenters. The molecule has 16 heavy (non-hydrogen) atoms. The Balaban J connectivity index is 1.97. The van der Waals surface area contributed by atoms with Gasteiger partial charge in [0.2, 0.25) is 5.13 Å². The first-order valence-electron chi connectivity index (χ1n) is 5.13. The van der Waals surface area contributed by atoms with E-state index >= 15 is 0 Å². The molecular formula is C9H13N5OS. The van der Waals surface area contributed by atoms with E-state index < -0.39 is 0 Å². The Hall–Kier alpha value is -1.50. The summed E-state index contributed by atoms with van der Waals surface area (Å²) in [7, 11) is 0. The van der Waals surface area contributed by atoms with Crippen molar-refractivity contribution in [1.82, 2.24) is 15.5 Å². The zero-order chi connectivity index (χ0) is 11.5. The van der Waals surface area contributed by atoms with Gasteiger partial charge in [-0.05, 0) is 13.3 Å². The molecule has 0 fully saturated rings. The van der Waals surface area contributed by atoms with Gasteiger partial charge in [0, 0.05) is 6.04 Å². The molecule has 0 spiro atoms. The van der Waals surface area contributed by atoms with Crippen molar-refractivity contribution < 1.29 is 4.79 Å². The van der Waals surface area contributed by atoms with E-state index in [1.807, 2.05) is 13.8 Å². The SMILES string of the molecule is CCc1nnc(NC(=O)C2=NCC(C)N2)s1. The van der Waals surface area contributed by atoms with Crippen molar-refractivity contribution in [3.63, 3.8) is 0 Å².